The van der Waals surface area contributed by atoms with Crippen molar-refractivity contribution in [3.05, 3.63) is 0 Å². The van der Waals surface area contributed by atoms with E-state index in [4.69, 9.17) is 15.6 Å². The number of nitrogens with one attached hydrogen (secondary N) is 1. The van der Waals surface area contributed by atoms with E-state index in [0.29, 0.717) is 12.7 Å². The standard InChI is InChI=1S/C19H30N2O8.CH4/c1-3-16(12(2)23)21-19(28)13(10-18(26)27)9-17(25)15(20)6-5-14(24)11-29-8-4-7-22;/h7,13,15-16H,3-6,8-11,20H2,1-2H3,(H,21,28)(H,26,27);1H4/t13-,15-,16-;/m0./s1. The molecule has 0 fully saturated rings. The Hall–Kier alpha value is -2.46. The number of hydrogen-bond acceptors (Lipinski definition) is 8. The van der Waals surface area contributed by atoms with Gasteiger partial charge < -0.3 is 25.7 Å². The molecule has 30 heavy (non-hydrogen) atoms. The average molecular weight is 430 g/mol. The number of ether oxygens (including phenoxy) is 1. The number of aldehydes is 1. The van der Waals surface area contributed by atoms with Gasteiger partial charge in [-0.1, -0.05) is 14.4 Å². The summed E-state index contributed by atoms with van der Waals surface area (Å²) >= 11 is 0. The second-order valence-electron chi connectivity index (χ2n) is 6.74. The van der Waals surface area contributed by atoms with Gasteiger partial charge >= 0.3 is 5.97 Å². The van der Waals surface area contributed by atoms with E-state index in [0.717, 1.165) is 0 Å². The molecule has 0 aromatic rings. The van der Waals surface area contributed by atoms with Crippen molar-refractivity contribution in [1.82, 2.24) is 5.32 Å². The molecule has 0 bridgehead atoms. The zero-order valence-electron chi connectivity index (χ0n) is 16.8. The molecule has 0 radical (unpaired) electrons. The van der Waals surface area contributed by atoms with Crippen LogP contribution in [0.3, 0.4) is 0 Å². The minimum atomic E-state index is -1.26. The highest BCUT2D eigenvalue weighted by atomic mass is 16.5. The van der Waals surface area contributed by atoms with Crippen LogP contribution in [0, 0.1) is 5.92 Å². The van der Waals surface area contributed by atoms with Crippen LogP contribution in [-0.2, 0) is 33.5 Å². The third-order valence-corrected chi connectivity index (χ3v) is 4.25. The van der Waals surface area contributed by atoms with Crippen molar-refractivity contribution < 1.29 is 38.6 Å². The van der Waals surface area contributed by atoms with E-state index in [-0.39, 0.29) is 51.5 Å². The number of carboxylic acids is 1. The molecule has 0 unspecified atom stereocenters. The molecular weight excluding hydrogens is 396 g/mol. The first kappa shape index (κ1) is 29.7. The first-order chi connectivity index (χ1) is 13.6. The number of hydrogen-bond donors (Lipinski definition) is 3. The first-order valence-electron chi connectivity index (χ1n) is 9.46. The number of carbonyl (C=O) groups excluding carboxylic acids is 5. The molecule has 0 aromatic heterocycles. The number of amides is 1. The summed E-state index contributed by atoms with van der Waals surface area (Å²) in [6, 6.07) is -1.78. The quantitative estimate of drug-likeness (QED) is 0.219. The van der Waals surface area contributed by atoms with Crippen LogP contribution in [-0.4, -0.2) is 65.9 Å². The molecule has 0 aliphatic rings. The van der Waals surface area contributed by atoms with Crippen LogP contribution in [0.25, 0.3) is 0 Å². The van der Waals surface area contributed by atoms with E-state index in [2.05, 4.69) is 5.32 Å². The lowest BCUT2D eigenvalue weighted by atomic mass is 9.92. The van der Waals surface area contributed by atoms with Crippen molar-refractivity contribution in [3.63, 3.8) is 0 Å². The average Bonchev–Trinajstić information content (AvgIpc) is 2.65. The molecule has 172 valence electrons. The molecular formula is C20H34N2O8. The van der Waals surface area contributed by atoms with Crippen molar-refractivity contribution in [1.29, 1.82) is 0 Å². The third kappa shape index (κ3) is 12.9. The summed E-state index contributed by atoms with van der Waals surface area (Å²) in [6.07, 6.45) is 0.209. The summed E-state index contributed by atoms with van der Waals surface area (Å²) in [5.41, 5.74) is 5.77. The molecule has 4 N–H and O–H groups in total. The van der Waals surface area contributed by atoms with Crippen LogP contribution >= 0.6 is 0 Å². The third-order valence-electron chi connectivity index (χ3n) is 4.25. The Labute approximate surface area is 176 Å². The minimum absolute atomic E-state index is 0. The second-order valence-corrected chi connectivity index (χ2v) is 6.74. The lowest BCUT2D eigenvalue weighted by Crippen LogP contribution is -2.44. The van der Waals surface area contributed by atoms with Crippen LogP contribution in [0.5, 0.6) is 0 Å². The maximum absolute atomic E-state index is 12.3. The van der Waals surface area contributed by atoms with E-state index < -0.39 is 48.5 Å². The lowest BCUT2D eigenvalue weighted by Gasteiger charge is -2.20. The van der Waals surface area contributed by atoms with Gasteiger partial charge in [0.15, 0.2) is 11.6 Å². The molecule has 0 rings (SSSR count). The Morgan fingerprint density at radius 3 is 2.30 bits per heavy atom. The van der Waals surface area contributed by atoms with Crippen LogP contribution in [0.15, 0.2) is 0 Å². The largest absolute Gasteiger partial charge is 0.481 e. The monoisotopic (exact) mass is 430 g/mol. The first-order valence-corrected chi connectivity index (χ1v) is 9.46. The summed E-state index contributed by atoms with van der Waals surface area (Å²) in [7, 11) is 0. The van der Waals surface area contributed by atoms with E-state index in [1.54, 1.807) is 6.92 Å². The number of ketones is 3. The van der Waals surface area contributed by atoms with Gasteiger partial charge in [-0.05, 0) is 19.8 Å². The molecule has 1 amide bonds. The van der Waals surface area contributed by atoms with Gasteiger partial charge in [-0.3, -0.25) is 24.0 Å². The molecule has 0 aromatic carbocycles. The molecule has 0 saturated heterocycles. The maximum atomic E-state index is 12.3. The molecule has 10 heteroatoms. The number of Topliss-reactive ketones (excluding diaryl/α,β-unsaturated/α-hetero) is 3. The SMILES string of the molecule is C.CC[C@H](NC(=O)[C@H](CC(=O)O)CC(=O)[C@@H](N)CCC(=O)COCCC=O)C(C)=O. The Kier molecular flexibility index (Phi) is 16.2. The summed E-state index contributed by atoms with van der Waals surface area (Å²) in [5.74, 6) is -4.23. The predicted octanol–water partition coefficient (Wildman–Crippen LogP) is 0.439. The fraction of sp³-hybridized carbons (Fsp3) is 0.700. The Balaban J connectivity index is 0. The number of rotatable bonds is 17. The highest BCUT2D eigenvalue weighted by Gasteiger charge is 2.29. The molecule has 0 spiro atoms. The zero-order valence-corrected chi connectivity index (χ0v) is 16.8. The molecule has 3 atom stereocenters. The Morgan fingerprint density at radius 2 is 1.80 bits per heavy atom. The Bertz CT molecular complexity index is 606. The van der Waals surface area contributed by atoms with E-state index >= 15 is 0 Å². The highest BCUT2D eigenvalue weighted by molar-refractivity contribution is 5.94. The van der Waals surface area contributed by atoms with Gasteiger partial charge in [0.2, 0.25) is 5.91 Å². The summed E-state index contributed by atoms with van der Waals surface area (Å²) in [4.78, 5) is 69.0. The number of carboxylic acid groups (broad SMARTS) is 1. The van der Waals surface area contributed by atoms with Crippen molar-refractivity contribution in [2.24, 2.45) is 11.7 Å². The van der Waals surface area contributed by atoms with Gasteiger partial charge in [-0.15, -0.1) is 0 Å². The smallest absolute Gasteiger partial charge is 0.304 e. The van der Waals surface area contributed by atoms with Gasteiger partial charge in [-0.25, -0.2) is 0 Å². The molecule has 0 aliphatic carbocycles. The van der Waals surface area contributed by atoms with Crippen LogP contribution in [0.2, 0.25) is 0 Å². The molecule has 0 aliphatic heterocycles. The van der Waals surface area contributed by atoms with Crippen molar-refractivity contribution in [2.45, 2.75) is 71.9 Å². The van der Waals surface area contributed by atoms with Crippen LogP contribution in [0.4, 0.5) is 0 Å². The summed E-state index contributed by atoms with van der Waals surface area (Å²) < 4.78 is 4.98. The van der Waals surface area contributed by atoms with E-state index in [1.807, 2.05) is 0 Å². The number of aliphatic carboxylic acids is 1. The van der Waals surface area contributed by atoms with Crippen LogP contribution in [0.1, 0.15) is 59.8 Å². The minimum Gasteiger partial charge on any atom is -0.481 e. The summed E-state index contributed by atoms with van der Waals surface area (Å²) in [5, 5.41) is 11.5. The fourth-order valence-electron chi connectivity index (χ4n) is 2.51. The van der Waals surface area contributed by atoms with Crippen molar-refractivity contribution in [2.75, 3.05) is 13.2 Å². The normalized spacial score (nSPS) is 13.3. The highest BCUT2D eigenvalue weighted by Crippen LogP contribution is 2.14. The van der Waals surface area contributed by atoms with Gasteiger partial charge in [0.1, 0.15) is 18.7 Å². The molecule has 0 heterocycles. The van der Waals surface area contributed by atoms with Gasteiger partial charge in [0.25, 0.3) is 0 Å². The van der Waals surface area contributed by atoms with E-state index in [1.165, 1.54) is 6.92 Å². The number of nitrogens with two attached hydrogens (primary N) is 1. The number of carbonyl (C=O) groups is 6. The Morgan fingerprint density at radius 1 is 1.17 bits per heavy atom. The van der Waals surface area contributed by atoms with Gasteiger partial charge in [0, 0.05) is 19.3 Å². The predicted molar refractivity (Wildman–Crippen MR) is 109 cm³/mol. The fourth-order valence-corrected chi connectivity index (χ4v) is 2.51. The zero-order chi connectivity index (χ0) is 22.4. The van der Waals surface area contributed by atoms with E-state index in [9.17, 15) is 28.8 Å². The van der Waals surface area contributed by atoms with Crippen molar-refractivity contribution in [3.8, 4) is 0 Å². The maximum Gasteiger partial charge on any atom is 0.304 e. The molecule has 10 nitrogen and oxygen atoms in total. The molecule has 0 saturated carbocycles. The van der Waals surface area contributed by atoms with Gasteiger partial charge in [0.05, 0.1) is 31.0 Å². The van der Waals surface area contributed by atoms with Crippen molar-refractivity contribution >= 4 is 35.5 Å². The summed E-state index contributed by atoms with van der Waals surface area (Å²) in [6.45, 7) is 2.94. The van der Waals surface area contributed by atoms with Gasteiger partial charge in [-0.2, -0.15) is 0 Å². The van der Waals surface area contributed by atoms with Crippen LogP contribution < -0.4 is 11.1 Å². The second kappa shape index (κ2) is 16.3. The lowest BCUT2D eigenvalue weighted by molar-refractivity contribution is -0.142. The topological polar surface area (TPSA) is 170 Å².